The van der Waals surface area contributed by atoms with Crippen LogP contribution in [0.5, 0.6) is 0 Å². The first kappa shape index (κ1) is 56.6. The summed E-state index contributed by atoms with van der Waals surface area (Å²) in [5.41, 5.74) is 37.2. The van der Waals surface area contributed by atoms with Crippen LogP contribution in [0.4, 0.5) is 68.2 Å². The molecule has 438 valence electrons. The van der Waals surface area contributed by atoms with Crippen LogP contribution >= 0.6 is 0 Å². The van der Waals surface area contributed by atoms with E-state index in [0.29, 0.717) is 0 Å². The second kappa shape index (κ2) is 23.2. The summed E-state index contributed by atoms with van der Waals surface area (Å²) < 4.78 is 0. The first-order valence-corrected chi connectivity index (χ1v) is 31.9. The minimum atomic E-state index is -0.109. The number of fused-ring (bicyclic) bond motifs is 4. The van der Waals surface area contributed by atoms with Gasteiger partial charge in [0.05, 0.1) is 0 Å². The smallest absolute Gasteiger partial charge is 0.252 e. The van der Waals surface area contributed by atoms with Crippen molar-refractivity contribution >= 4 is 91.3 Å². The first-order valence-electron chi connectivity index (χ1n) is 31.9. The van der Waals surface area contributed by atoms with Gasteiger partial charge in [-0.15, -0.1) is 0 Å². The Kier molecular flexibility index (Phi) is 14.5. The predicted molar refractivity (Wildman–Crippen MR) is 389 cm³/mol. The van der Waals surface area contributed by atoms with Crippen LogP contribution in [0.2, 0.25) is 0 Å². The summed E-state index contributed by atoms with van der Waals surface area (Å²) in [5.74, 6) is 0. The molecule has 15 rings (SSSR count). The Hall–Kier alpha value is -10.9. The molecule has 0 unspecified atom stereocenters. The SMILES string of the molecule is Cc1cccc(C)c1-c1ccc(N(c2ccc(-c3c(C)cccc3C)cc2)c2ccc3c(c2)N(c2ccccc2)c2cccc4c2B3c2ccc(N(c3ccc(-c5c(C)cccc5C)cc3)c3ccc(-c5c(C)cccc5C)cc3)cc2N4c2ccccc2)cc1. The molecule has 2 aliphatic rings. The van der Waals surface area contributed by atoms with Crippen molar-refractivity contribution in [3.63, 3.8) is 0 Å². The number of para-hydroxylation sites is 2. The number of aryl methyl sites for hydroxylation is 8. The molecule has 4 nitrogen and oxygen atoms in total. The second-order valence-corrected chi connectivity index (χ2v) is 24.9. The first-order chi connectivity index (χ1) is 44.5. The average molecular weight is 1170 g/mol. The monoisotopic (exact) mass is 1170 g/mol. The van der Waals surface area contributed by atoms with Gasteiger partial charge in [0.2, 0.25) is 0 Å². The highest BCUT2D eigenvalue weighted by atomic mass is 15.2. The average Bonchev–Trinajstić information content (AvgIpc) is 0.769. The summed E-state index contributed by atoms with van der Waals surface area (Å²) in [6.45, 7) is 17.6. The van der Waals surface area contributed by atoms with Gasteiger partial charge >= 0.3 is 0 Å². The predicted octanol–water partition coefficient (Wildman–Crippen LogP) is 21.8. The molecule has 0 saturated heterocycles. The molecule has 0 fully saturated rings. The molecule has 0 aromatic heterocycles. The maximum atomic E-state index is 2.51. The largest absolute Gasteiger partial charge is 0.311 e. The van der Waals surface area contributed by atoms with Gasteiger partial charge in [-0.1, -0.05) is 176 Å². The molecule has 0 N–H and O–H groups in total. The third kappa shape index (κ3) is 9.98. The van der Waals surface area contributed by atoms with Crippen molar-refractivity contribution < 1.29 is 0 Å². The highest BCUT2D eigenvalue weighted by Crippen LogP contribution is 2.49. The number of hydrogen-bond acceptors (Lipinski definition) is 4. The van der Waals surface area contributed by atoms with E-state index in [2.05, 4.69) is 360 Å². The molecule has 0 spiro atoms. The molecular formula is C86H71BN4. The molecule has 0 bridgehead atoms. The van der Waals surface area contributed by atoms with Gasteiger partial charge in [0.25, 0.3) is 6.71 Å². The van der Waals surface area contributed by atoms with Gasteiger partial charge in [-0.05, 0) is 270 Å². The number of hydrogen-bond donors (Lipinski definition) is 0. The summed E-state index contributed by atoms with van der Waals surface area (Å²) in [6, 6.07) is 106. The van der Waals surface area contributed by atoms with Crippen LogP contribution < -0.4 is 36.0 Å². The highest BCUT2D eigenvalue weighted by molar-refractivity contribution is 7.00. The molecule has 0 aliphatic carbocycles. The van der Waals surface area contributed by atoms with Gasteiger partial charge in [-0.3, -0.25) is 0 Å². The minimum Gasteiger partial charge on any atom is -0.311 e. The number of nitrogens with zero attached hydrogens (tertiary/aromatic N) is 4. The summed E-state index contributed by atoms with van der Waals surface area (Å²) in [7, 11) is 0. The Morgan fingerprint density at radius 2 is 0.484 bits per heavy atom. The van der Waals surface area contributed by atoms with Crippen molar-refractivity contribution in [3.8, 4) is 44.5 Å². The van der Waals surface area contributed by atoms with Crippen molar-refractivity contribution in [1.29, 1.82) is 0 Å². The summed E-state index contributed by atoms with van der Waals surface area (Å²) in [6.07, 6.45) is 0. The summed E-state index contributed by atoms with van der Waals surface area (Å²) in [5, 5.41) is 0. The maximum Gasteiger partial charge on any atom is 0.252 e. The molecule has 13 aromatic carbocycles. The molecule has 0 saturated carbocycles. The molecule has 91 heavy (non-hydrogen) atoms. The third-order valence-corrected chi connectivity index (χ3v) is 19.1. The second-order valence-electron chi connectivity index (χ2n) is 24.9. The van der Waals surface area contributed by atoms with Crippen LogP contribution in [0.1, 0.15) is 44.5 Å². The zero-order valence-electron chi connectivity index (χ0n) is 53.0. The van der Waals surface area contributed by atoms with E-state index < -0.39 is 0 Å². The van der Waals surface area contributed by atoms with E-state index >= 15 is 0 Å². The normalized spacial score (nSPS) is 12.1. The van der Waals surface area contributed by atoms with Crippen LogP contribution in [0, 0.1) is 55.4 Å². The van der Waals surface area contributed by atoms with Crippen LogP contribution in [0.25, 0.3) is 44.5 Å². The summed E-state index contributed by atoms with van der Waals surface area (Å²) in [4.78, 5) is 9.90. The summed E-state index contributed by atoms with van der Waals surface area (Å²) >= 11 is 0. The lowest BCUT2D eigenvalue weighted by Crippen LogP contribution is -2.61. The fraction of sp³-hybridized carbons (Fsp3) is 0.0930. The molecule has 5 heteroatoms. The molecular weight excluding hydrogens is 1100 g/mol. The van der Waals surface area contributed by atoms with Gasteiger partial charge in [0, 0.05) is 68.2 Å². The van der Waals surface area contributed by atoms with Gasteiger partial charge in [-0.25, -0.2) is 0 Å². The van der Waals surface area contributed by atoms with E-state index in [-0.39, 0.29) is 6.71 Å². The van der Waals surface area contributed by atoms with Crippen LogP contribution in [0.15, 0.2) is 285 Å². The Morgan fingerprint density at radius 3 is 0.758 bits per heavy atom. The minimum absolute atomic E-state index is 0.109. The van der Waals surface area contributed by atoms with E-state index in [1.807, 2.05) is 0 Å². The fourth-order valence-corrected chi connectivity index (χ4v) is 15.0. The van der Waals surface area contributed by atoms with Crippen molar-refractivity contribution in [2.75, 3.05) is 19.6 Å². The standard InChI is InChI=1S/C86H71BN4/c1-56-20-15-21-57(2)82(56)64-34-42-70(43-35-64)88(71-44-36-65(37-45-71)83-58(3)22-16-23-59(83)4)74-50-52-76-80(54-74)90(68-28-11-9-12-29-68)78-32-19-33-79-86(78)87(76)77-53-51-75(55-81(77)91(79)69-30-13-10-14-31-69)89(72-46-38-66(39-47-72)84-60(5)24-17-25-61(84)6)73-48-40-67(41-49-73)85-62(7)26-18-27-63(85)8/h9-55H,1-8H3. The molecule has 0 radical (unpaired) electrons. The number of benzene rings is 13. The van der Waals surface area contributed by atoms with E-state index in [9.17, 15) is 0 Å². The Bertz CT molecular complexity index is 4320. The van der Waals surface area contributed by atoms with Crippen molar-refractivity contribution in [2.24, 2.45) is 0 Å². The topological polar surface area (TPSA) is 13.0 Å². The zero-order valence-corrected chi connectivity index (χ0v) is 53.0. The van der Waals surface area contributed by atoms with E-state index in [1.165, 1.54) is 105 Å². The quantitative estimate of drug-likeness (QED) is 0.113. The van der Waals surface area contributed by atoms with Gasteiger partial charge < -0.3 is 19.6 Å². The molecule has 2 aliphatic heterocycles. The van der Waals surface area contributed by atoms with Gasteiger partial charge in [0.15, 0.2) is 0 Å². The Balaban J connectivity index is 0.919. The lowest BCUT2D eigenvalue weighted by atomic mass is 9.33. The molecule has 13 aromatic rings. The number of anilines is 12. The third-order valence-electron chi connectivity index (χ3n) is 19.1. The van der Waals surface area contributed by atoms with Crippen molar-refractivity contribution in [2.45, 2.75) is 55.4 Å². The van der Waals surface area contributed by atoms with Crippen LogP contribution in [-0.4, -0.2) is 6.71 Å². The van der Waals surface area contributed by atoms with Gasteiger partial charge in [-0.2, -0.15) is 0 Å². The van der Waals surface area contributed by atoms with Crippen LogP contribution in [-0.2, 0) is 0 Å². The number of rotatable bonds is 12. The molecule has 0 atom stereocenters. The highest BCUT2D eigenvalue weighted by Gasteiger charge is 2.44. The van der Waals surface area contributed by atoms with E-state index in [0.717, 1.165) is 68.2 Å². The zero-order chi connectivity index (χ0) is 62.0. The molecule has 0 amide bonds. The lowest BCUT2D eigenvalue weighted by Gasteiger charge is -2.44. The fourth-order valence-electron chi connectivity index (χ4n) is 15.0. The van der Waals surface area contributed by atoms with Crippen molar-refractivity contribution in [3.05, 3.63) is 330 Å². The maximum absolute atomic E-state index is 2.51. The van der Waals surface area contributed by atoms with Gasteiger partial charge in [0.1, 0.15) is 0 Å². The Labute approximate surface area is 537 Å². The van der Waals surface area contributed by atoms with Crippen molar-refractivity contribution in [1.82, 2.24) is 0 Å². The van der Waals surface area contributed by atoms with E-state index in [1.54, 1.807) is 0 Å². The van der Waals surface area contributed by atoms with E-state index in [4.69, 9.17) is 0 Å². The Morgan fingerprint density at radius 1 is 0.231 bits per heavy atom. The van der Waals surface area contributed by atoms with Crippen LogP contribution in [0.3, 0.4) is 0 Å². The molecule has 2 heterocycles. The lowest BCUT2D eigenvalue weighted by molar-refractivity contribution is 1.23.